The Bertz CT molecular complexity index is 1020. The average molecular weight is 434 g/mol. The first-order valence-electron chi connectivity index (χ1n) is 9.90. The van der Waals surface area contributed by atoms with E-state index in [2.05, 4.69) is 5.32 Å². The van der Waals surface area contributed by atoms with Gasteiger partial charge in [-0.3, -0.25) is 4.79 Å². The van der Waals surface area contributed by atoms with E-state index >= 15 is 0 Å². The van der Waals surface area contributed by atoms with Crippen LogP contribution < -0.4 is 14.8 Å². The zero-order valence-corrected chi connectivity index (χ0v) is 17.2. The largest absolute Gasteiger partial charge is 0.454 e. The molecule has 0 bridgehead atoms. The van der Waals surface area contributed by atoms with E-state index in [0.717, 1.165) is 31.4 Å². The van der Waals surface area contributed by atoms with Crippen molar-refractivity contribution < 1.29 is 27.1 Å². The number of benzene rings is 2. The zero-order chi connectivity index (χ0) is 21.1. The minimum absolute atomic E-state index is 0.0228. The van der Waals surface area contributed by atoms with E-state index in [4.69, 9.17) is 9.47 Å². The van der Waals surface area contributed by atoms with Crippen molar-refractivity contribution in [1.29, 1.82) is 0 Å². The van der Waals surface area contributed by atoms with Gasteiger partial charge < -0.3 is 14.8 Å². The molecule has 0 radical (unpaired) electrons. The number of nitrogens with zero attached hydrogens (tertiary/aromatic N) is 1. The summed E-state index contributed by atoms with van der Waals surface area (Å²) in [5, 5.41) is 2.73. The van der Waals surface area contributed by atoms with E-state index in [1.807, 2.05) is 0 Å². The van der Waals surface area contributed by atoms with Gasteiger partial charge in [0.25, 0.3) is 0 Å². The normalized spacial score (nSPS) is 16.6. The maximum absolute atomic E-state index is 13.3. The van der Waals surface area contributed by atoms with Gasteiger partial charge >= 0.3 is 0 Å². The highest BCUT2D eigenvalue weighted by molar-refractivity contribution is 7.89. The van der Waals surface area contributed by atoms with Gasteiger partial charge in [0.15, 0.2) is 11.5 Å². The van der Waals surface area contributed by atoms with E-state index in [-0.39, 0.29) is 24.3 Å². The van der Waals surface area contributed by atoms with Gasteiger partial charge in [-0.25, -0.2) is 12.8 Å². The first-order valence-corrected chi connectivity index (χ1v) is 11.3. The third kappa shape index (κ3) is 4.41. The molecule has 0 atom stereocenters. The molecule has 7 nitrogen and oxygen atoms in total. The topological polar surface area (TPSA) is 84.9 Å². The Kier molecular flexibility index (Phi) is 5.92. The van der Waals surface area contributed by atoms with Crippen LogP contribution in [0.1, 0.15) is 32.1 Å². The lowest BCUT2D eigenvalue weighted by Gasteiger charge is -2.33. The number of fused-ring (bicyclic) bond motifs is 1. The van der Waals surface area contributed by atoms with Crippen LogP contribution in [0, 0.1) is 5.82 Å². The summed E-state index contributed by atoms with van der Waals surface area (Å²) >= 11 is 0. The average Bonchev–Trinajstić information content (AvgIpc) is 3.21. The summed E-state index contributed by atoms with van der Waals surface area (Å²) in [6, 6.07) is 9.41. The minimum Gasteiger partial charge on any atom is -0.454 e. The lowest BCUT2D eigenvalue weighted by molar-refractivity contribution is -0.116. The molecule has 1 amide bonds. The molecule has 1 aliphatic heterocycles. The second kappa shape index (κ2) is 8.61. The van der Waals surface area contributed by atoms with Crippen LogP contribution in [0.5, 0.6) is 11.5 Å². The molecule has 160 valence electrons. The molecular weight excluding hydrogens is 411 g/mol. The first kappa shape index (κ1) is 20.6. The predicted octanol–water partition coefficient (Wildman–Crippen LogP) is 3.52. The number of carbonyl (C=O) groups is 1. The third-order valence-electron chi connectivity index (χ3n) is 5.36. The van der Waals surface area contributed by atoms with Gasteiger partial charge in [-0.05, 0) is 49.2 Å². The summed E-state index contributed by atoms with van der Waals surface area (Å²) in [5.41, 5.74) is 0.493. The fourth-order valence-electron chi connectivity index (χ4n) is 3.84. The maximum Gasteiger partial charge on any atom is 0.243 e. The fraction of sp³-hybridized carbons (Fsp3) is 0.381. The quantitative estimate of drug-likeness (QED) is 0.752. The number of hydrogen-bond acceptors (Lipinski definition) is 5. The number of sulfonamides is 1. The molecule has 30 heavy (non-hydrogen) atoms. The Morgan fingerprint density at radius 2 is 1.73 bits per heavy atom. The fourth-order valence-corrected chi connectivity index (χ4v) is 5.48. The highest BCUT2D eigenvalue weighted by Gasteiger charge is 2.34. The monoisotopic (exact) mass is 434 g/mol. The van der Waals surface area contributed by atoms with Gasteiger partial charge in [0.05, 0.1) is 11.4 Å². The second-order valence-electron chi connectivity index (χ2n) is 7.41. The van der Waals surface area contributed by atoms with Gasteiger partial charge in [-0.2, -0.15) is 4.31 Å². The molecule has 1 N–H and O–H groups in total. The maximum atomic E-state index is 13.3. The number of rotatable bonds is 6. The number of nitrogens with one attached hydrogen (secondary N) is 1. The SMILES string of the molecule is O=C(CN(C1CCCCC1)S(=O)(=O)c1ccc(F)cc1)Nc1ccc2c(c1)OCO2. The highest BCUT2D eigenvalue weighted by atomic mass is 32.2. The van der Waals surface area contributed by atoms with E-state index in [1.165, 1.54) is 16.4 Å². The number of anilines is 1. The summed E-state index contributed by atoms with van der Waals surface area (Å²) in [5.74, 6) is 0.149. The Morgan fingerprint density at radius 3 is 2.47 bits per heavy atom. The lowest BCUT2D eigenvalue weighted by atomic mass is 9.95. The molecule has 0 aromatic heterocycles. The van der Waals surface area contributed by atoms with Crippen LogP contribution in [0.4, 0.5) is 10.1 Å². The highest BCUT2D eigenvalue weighted by Crippen LogP contribution is 2.34. The standard InChI is InChI=1S/C21H23FN2O5S/c22-15-6-9-18(10-7-15)30(26,27)24(17-4-2-1-3-5-17)13-21(25)23-16-8-11-19-20(12-16)29-14-28-19/h6-12,17H,1-5,13-14H2,(H,23,25). The van der Waals surface area contributed by atoms with Crippen molar-refractivity contribution in [3.63, 3.8) is 0 Å². The van der Waals surface area contributed by atoms with E-state index in [0.29, 0.717) is 30.0 Å². The van der Waals surface area contributed by atoms with Crippen LogP contribution in [0.2, 0.25) is 0 Å². The molecule has 1 fully saturated rings. The summed E-state index contributed by atoms with van der Waals surface area (Å²) in [7, 11) is -3.95. The molecule has 0 saturated heterocycles. The van der Waals surface area contributed by atoms with Crippen molar-refractivity contribution in [1.82, 2.24) is 4.31 Å². The van der Waals surface area contributed by atoms with Crippen molar-refractivity contribution in [3.8, 4) is 11.5 Å². The number of hydrogen-bond donors (Lipinski definition) is 1. The zero-order valence-electron chi connectivity index (χ0n) is 16.3. The van der Waals surface area contributed by atoms with Gasteiger partial charge in [0.2, 0.25) is 22.7 Å². The van der Waals surface area contributed by atoms with Crippen LogP contribution in [-0.4, -0.2) is 38.0 Å². The smallest absolute Gasteiger partial charge is 0.243 e. The molecule has 2 aromatic carbocycles. The summed E-state index contributed by atoms with van der Waals surface area (Å²) in [6.07, 6.45) is 4.24. The molecule has 9 heteroatoms. The van der Waals surface area contributed by atoms with Crippen molar-refractivity contribution >= 4 is 21.6 Å². The summed E-state index contributed by atoms with van der Waals surface area (Å²) in [4.78, 5) is 12.7. The molecule has 4 rings (SSSR count). The molecular formula is C21H23FN2O5S. The van der Waals surface area contributed by atoms with Crippen molar-refractivity contribution in [3.05, 3.63) is 48.3 Å². The first-order chi connectivity index (χ1) is 14.4. The Hall–Kier alpha value is -2.65. The van der Waals surface area contributed by atoms with E-state index in [1.54, 1.807) is 18.2 Å². The van der Waals surface area contributed by atoms with Crippen LogP contribution in [0.25, 0.3) is 0 Å². The number of ether oxygens (including phenoxy) is 2. The van der Waals surface area contributed by atoms with Gasteiger partial charge in [0.1, 0.15) is 5.82 Å². The predicted molar refractivity (Wildman–Crippen MR) is 108 cm³/mol. The van der Waals surface area contributed by atoms with Gasteiger partial charge in [0, 0.05) is 17.8 Å². The second-order valence-corrected chi connectivity index (χ2v) is 9.30. The number of amides is 1. The van der Waals surface area contributed by atoms with Crippen LogP contribution >= 0.6 is 0 Å². The van der Waals surface area contributed by atoms with Crippen molar-refractivity contribution in [2.75, 3.05) is 18.7 Å². The molecule has 2 aromatic rings. The Labute approximate surface area is 174 Å². The van der Waals surface area contributed by atoms with Crippen LogP contribution in [0.15, 0.2) is 47.4 Å². The van der Waals surface area contributed by atoms with E-state index < -0.39 is 21.7 Å². The lowest BCUT2D eigenvalue weighted by Crippen LogP contribution is -2.45. The Morgan fingerprint density at radius 1 is 1.03 bits per heavy atom. The molecule has 0 spiro atoms. The van der Waals surface area contributed by atoms with Crippen LogP contribution in [-0.2, 0) is 14.8 Å². The summed E-state index contributed by atoms with van der Waals surface area (Å²) < 4.78 is 51.6. The number of halogens is 1. The number of carbonyl (C=O) groups excluding carboxylic acids is 1. The molecule has 2 aliphatic rings. The minimum atomic E-state index is -3.95. The van der Waals surface area contributed by atoms with Gasteiger partial charge in [-0.15, -0.1) is 0 Å². The van der Waals surface area contributed by atoms with Crippen molar-refractivity contribution in [2.24, 2.45) is 0 Å². The van der Waals surface area contributed by atoms with Crippen molar-refractivity contribution in [2.45, 2.75) is 43.0 Å². The third-order valence-corrected chi connectivity index (χ3v) is 7.27. The molecule has 1 aliphatic carbocycles. The van der Waals surface area contributed by atoms with E-state index in [9.17, 15) is 17.6 Å². The summed E-state index contributed by atoms with van der Waals surface area (Å²) in [6.45, 7) is -0.197. The molecule has 1 heterocycles. The molecule has 0 unspecified atom stereocenters. The van der Waals surface area contributed by atoms with Gasteiger partial charge in [-0.1, -0.05) is 19.3 Å². The van der Waals surface area contributed by atoms with Crippen LogP contribution in [0.3, 0.4) is 0 Å². The Balaban J connectivity index is 1.55. The molecule has 1 saturated carbocycles.